The molecule has 1 aliphatic carbocycles. The van der Waals surface area contributed by atoms with Crippen molar-refractivity contribution in [2.75, 3.05) is 40.0 Å². The molecule has 6 rings (SSSR count). The molecule has 3 amide bonds. The minimum atomic E-state index is -1.38. The summed E-state index contributed by atoms with van der Waals surface area (Å²) >= 11 is 0. The molecule has 270 valence electrons. The van der Waals surface area contributed by atoms with Crippen LogP contribution >= 0.6 is 0 Å². The standard InChI is InChI=1S/C37H38F3N3O8/c1-49-30-6-2-3-7-31(30)50-18-16-42(24-12-13-24)35(44)32-26(19-25-20-41(36(45)46)21-29(32)43(25)37(47)48)23-10-8-22(9-11-23)5-4-17-51-34-28(39)15-14-27(38)33(34)40/h2-3,6-11,14-15,24-25,29H,4-5,12-13,16-21H2,1H3,(H,45,46)(H,47,48)/t25-,29-/m1/s1. The van der Waals surface area contributed by atoms with Crippen LogP contribution in [0.25, 0.3) is 5.57 Å². The molecule has 0 spiro atoms. The maximum atomic E-state index is 14.6. The van der Waals surface area contributed by atoms with E-state index in [1.807, 2.05) is 36.4 Å². The van der Waals surface area contributed by atoms with Crippen LogP contribution in [0.15, 0.2) is 66.2 Å². The summed E-state index contributed by atoms with van der Waals surface area (Å²) in [6.07, 6.45) is 0.0997. The van der Waals surface area contributed by atoms with Crippen molar-refractivity contribution in [1.82, 2.24) is 14.7 Å². The molecular formula is C37H38F3N3O8. The number of hydrogen-bond donors (Lipinski definition) is 2. The first-order chi connectivity index (χ1) is 24.6. The van der Waals surface area contributed by atoms with E-state index in [9.17, 15) is 37.8 Å². The van der Waals surface area contributed by atoms with Crippen LogP contribution in [0.3, 0.4) is 0 Å². The summed E-state index contributed by atoms with van der Waals surface area (Å²) in [6, 6.07) is 14.2. The van der Waals surface area contributed by atoms with Gasteiger partial charge in [0.2, 0.25) is 5.82 Å². The highest BCUT2D eigenvalue weighted by Gasteiger charge is 2.49. The van der Waals surface area contributed by atoms with E-state index in [2.05, 4.69) is 0 Å². The summed E-state index contributed by atoms with van der Waals surface area (Å²) in [4.78, 5) is 43.4. The second kappa shape index (κ2) is 15.2. The van der Waals surface area contributed by atoms with Gasteiger partial charge in [0, 0.05) is 24.7 Å². The van der Waals surface area contributed by atoms with E-state index in [4.69, 9.17) is 14.2 Å². The predicted octanol–water partition coefficient (Wildman–Crippen LogP) is 6.06. The van der Waals surface area contributed by atoms with E-state index >= 15 is 0 Å². The monoisotopic (exact) mass is 709 g/mol. The number of piperazine rings is 1. The first-order valence-electron chi connectivity index (χ1n) is 16.7. The van der Waals surface area contributed by atoms with Crippen molar-refractivity contribution in [3.05, 3.63) is 94.8 Å². The SMILES string of the molecule is COc1ccccc1OCCN(C(=O)C1=C(c2ccc(CCCOc3c(F)ccc(F)c3F)cc2)C[C@@H]2CN(C(=O)O)C[C@H]1N2C(=O)O)C1CC1. The Balaban J connectivity index is 1.25. The molecule has 2 heterocycles. The van der Waals surface area contributed by atoms with Crippen LogP contribution in [0.1, 0.15) is 36.8 Å². The average Bonchev–Trinajstić information content (AvgIpc) is 3.96. The molecule has 2 fully saturated rings. The normalized spacial score (nSPS) is 18.4. The van der Waals surface area contributed by atoms with Crippen LogP contribution in [0.4, 0.5) is 22.8 Å². The second-order valence-corrected chi connectivity index (χ2v) is 12.7. The number of ether oxygens (including phenoxy) is 3. The van der Waals surface area contributed by atoms with Gasteiger partial charge in [0.05, 0.1) is 32.3 Å². The van der Waals surface area contributed by atoms with E-state index < -0.39 is 47.5 Å². The molecule has 1 saturated carbocycles. The van der Waals surface area contributed by atoms with Gasteiger partial charge in [-0.25, -0.2) is 18.4 Å². The fourth-order valence-electron chi connectivity index (χ4n) is 6.85. The third kappa shape index (κ3) is 7.69. The molecule has 0 radical (unpaired) electrons. The van der Waals surface area contributed by atoms with Gasteiger partial charge in [-0.1, -0.05) is 36.4 Å². The van der Waals surface area contributed by atoms with Gasteiger partial charge < -0.3 is 34.2 Å². The van der Waals surface area contributed by atoms with Crippen molar-refractivity contribution in [3.63, 3.8) is 0 Å². The number of fused-ring (bicyclic) bond motifs is 2. The maximum absolute atomic E-state index is 14.6. The lowest BCUT2D eigenvalue weighted by Crippen LogP contribution is -2.65. The molecule has 1 saturated heterocycles. The van der Waals surface area contributed by atoms with Crippen LogP contribution in [0, 0.1) is 17.5 Å². The summed E-state index contributed by atoms with van der Waals surface area (Å²) < 4.78 is 57.9. The lowest BCUT2D eigenvalue weighted by atomic mass is 9.81. The van der Waals surface area contributed by atoms with Gasteiger partial charge in [-0.2, -0.15) is 4.39 Å². The summed E-state index contributed by atoms with van der Waals surface area (Å²) in [5.41, 5.74) is 2.46. The number of halogens is 3. The Bertz CT molecular complexity index is 1820. The number of carbonyl (C=O) groups is 3. The minimum absolute atomic E-state index is 0.0349. The molecule has 3 aromatic rings. The fourth-order valence-corrected chi connectivity index (χ4v) is 6.85. The van der Waals surface area contributed by atoms with Crippen LogP contribution in [0.5, 0.6) is 17.2 Å². The van der Waals surface area contributed by atoms with Gasteiger partial charge >= 0.3 is 12.2 Å². The number of carboxylic acid groups (broad SMARTS) is 2. The van der Waals surface area contributed by atoms with Crippen molar-refractivity contribution in [2.24, 2.45) is 0 Å². The number of carbonyl (C=O) groups excluding carboxylic acids is 1. The van der Waals surface area contributed by atoms with Crippen molar-refractivity contribution in [1.29, 1.82) is 0 Å². The van der Waals surface area contributed by atoms with Crippen molar-refractivity contribution < 1.29 is 52.0 Å². The number of nitrogens with zero attached hydrogens (tertiary/aromatic N) is 3. The van der Waals surface area contributed by atoms with Gasteiger partial charge in [0.25, 0.3) is 5.91 Å². The van der Waals surface area contributed by atoms with Crippen LogP contribution in [-0.4, -0.2) is 101 Å². The minimum Gasteiger partial charge on any atom is -0.493 e. The molecule has 2 N–H and O–H groups in total. The fraction of sp³-hybridized carbons (Fsp3) is 0.378. The Morgan fingerprint density at radius 1 is 0.863 bits per heavy atom. The van der Waals surface area contributed by atoms with Gasteiger partial charge in [-0.3, -0.25) is 9.69 Å². The van der Waals surface area contributed by atoms with Gasteiger partial charge in [0.1, 0.15) is 6.61 Å². The van der Waals surface area contributed by atoms with Gasteiger partial charge in [0.15, 0.2) is 28.9 Å². The predicted molar refractivity (Wildman–Crippen MR) is 178 cm³/mol. The molecule has 3 aliphatic rings. The Hall–Kier alpha value is -5.40. The van der Waals surface area contributed by atoms with Crippen LogP contribution < -0.4 is 14.2 Å². The highest BCUT2D eigenvalue weighted by atomic mass is 19.2. The Kier molecular flexibility index (Phi) is 10.6. The van der Waals surface area contributed by atoms with E-state index in [0.29, 0.717) is 41.5 Å². The molecule has 11 nitrogen and oxygen atoms in total. The number of para-hydroxylation sites is 2. The Morgan fingerprint density at radius 2 is 1.57 bits per heavy atom. The lowest BCUT2D eigenvalue weighted by molar-refractivity contribution is -0.129. The Labute approximate surface area is 292 Å². The zero-order chi connectivity index (χ0) is 36.2. The first-order valence-corrected chi connectivity index (χ1v) is 16.7. The number of amides is 3. The molecule has 2 bridgehead atoms. The summed E-state index contributed by atoms with van der Waals surface area (Å²) in [6.45, 7) is 0.0827. The Morgan fingerprint density at radius 3 is 2.24 bits per heavy atom. The summed E-state index contributed by atoms with van der Waals surface area (Å²) in [5, 5.41) is 20.2. The first kappa shape index (κ1) is 35.4. The quantitative estimate of drug-likeness (QED) is 0.162. The third-order valence-electron chi connectivity index (χ3n) is 9.44. The van der Waals surface area contributed by atoms with Crippen molar-refractivity contribution in [2.45, 2.75) is 50.2 Å². The molecule has 2 aliphatic heterocycles. The van der Waals surface area contributed by atoms with E-state index in [-0.39, 0.29) is 56.8 Å². The topological polar surface area (TPSA) is 129 Å². The molecule has 3 aromatic carbocycles. The number of methoxy groups -OCH3 is 1. The van der Waals surface area contributed by atoms with E-state index in [0.717, 1.165) is 29.4 Å². The molecular weight excluding hydrogens is 671 g/mol. The molecule has 0 unspecified atom stereocenters. The smallest absolute Gasteiger partial charge is 0.408 e. The number of benzene rings is 3. The summed E-state index contributed by atoms with van der Waals surface area (Å²) in [5.74, 6) is -3.64. The molecule has 14 heteroatoms. The largest absolute Gasteiger partial charge is 0.493 e. The lowest BCUT2D eigenvalue weighted by Gasteiger charge is -2.49. The van der Waals surface area contributed by atoms with Crippen molar-refractivity contribution >= 4 is 23.7 Å². The molecule has 51 heavy (non-hydrogen) atoms. The van der Waals surface area contributed by atoms with Crippen LogP contribution in [-0.2, 0) is 11.2 Å². The molecule has 2 atom stereocenters. The maximum Gasteiger partial charge on any atom is 0.408 e. The van der Waals surface area contributed by atoms with E-state index in [1.165, 1.54) is 12.0 Å². The number of hydrogen-bond acceptors (Lipinski definition) is 6. The number of rotatable bonds is 13. The van der Waals surface area contributed by atoms with Gasteiger partial charge in [-0.05, 0) is 73.1 Å². The number of aryl methyl sites for hydroxylation is 1. The van der Waals surface area contributed by atoms with Crippen LogP contribution in [0.2, 0.25) is 0 Å². The van der Waals surface area contributed by atoms with Gasteiger partial charge in [-0.15, -0.1) is 0 Å². The highest BCUT2D eigenvalue weighted by molar-refractivity contribution is 6.04. The van der Waals surface area contributed by atoms with E-state index in [1.54, 1.807) is 17.0 Å². The third-order valence-corrected chi connectivity index (χ3v) is 9.44. The van der Waals surface area contributed by atoms with Crippen molar-refractivity contribution in [3.8, 4) is 17.2 Å². The molecule has 0 aromatic heterocycles. The highest BCUT2D eigenvalue weighted by Crippen LogP contribution is 2.41. The average molecular weight is 710 g/mol. The second-order valence-electron chi connectivity index (χ2n) is 12.7. The zero-order valence-corrected chi connectivity index (χ0v) is 27.9. The zero-order valence-electron chi connectivity index (χ0n) is 27.9. The summed E-state index contributed by atoms with van der Waals surface area (Å²) in [7, 11) is 1.53.